The van der Waals surface area contributed by atoms with E-state index in [9.17, 15) is 19.2 Å². The number of piperidine rings is 1. The first-order valence-corrected chi connectivity index (χ1v) is 14.3. The predicted octanol–water partition coefficient (Wildman–Crippen LogP) is 4.85. The number of anilines is 2. The van der Waals surface area contributed by atoms with E-state index in [-0.39, 0.29) is 28.7 Å². The van der Waals surface area contributed by atoms with Gasteiger partial charge in [-0.3, -0.25) is 19.2 Å². The van der Waals surface area contributed by atoms with E-state index in [2.05, 4.69) is 25.1 Å². The third-order valence-corrected chi connectivity index (χ3v) is 8.08. The van der Waals surface area contributed by atoms with E-state index in [0.29, 0.717) is 16.6 Å². The maximum Gasteiger partial charge on any atom is 0.253 e. The molecule has 0 bridgehead atoms. The summed E-state index contributed by atoms with van der Waals surface area (Å²) in [5.41, 5.74) is 1.38. The standard InChI is InChI=1S/C31H37N5O4/c1-20(33-31(40)22-11-14-28(32-18-22)35-15-7-4-8-16-35)30(39)34-23-12-13-27-25(17-23)29(38)26(21(2)37)19-36(27)24-9-5-3-6-10-24/h11-14,17-20,24H,3-10,15-16H2,1-2H3,(H,33,40)(H,34,39)/t20-/m0/s1. The fraction of sp³-hybridized carbons (Fsp3) is 0.452. The van der Waals surface area contributed by atoms with Crippen molar-refractivity contribution in [3.63, 3.8) is 0 Å². The van der Waals surface area contributed by atoms with E-state index < -0.39 is 11.9 Å². The minimum atomic E-state index is -0.826. The van der Waals surface area contributed by atoms with Crippen molar-refractivity contribution < 1.29 is 14.4 Å². The van der Waals surface area contributed by atoms with Crippen LogP contribution in [-0.4, -0.2) is 46.3 Å². The van der Waals surface area contributed by atoms with Crippen molar-refractivity contribution in [2.24, 2.45) is 0 Å². The van der Waals surface area contributed by atoms with E-state index in [0.717, 1.165) is 62.9 Å². The number of benzene rings is 1. The third-order valence-electron chi connectivity index (χ3n) is 8.08. The molecule has 1 aliphatic heterocycles. The summed E-state index contributed by atoms with van der Waals surface area (Å²) in [6, 6.07) is 8.17. The van der Waals surface area contributed by atoms with Crippen molar-refractivity contribution in [2.75, 3.05) is 23.3 Å². The molecule has 210 valence electrons. The zero-order valence-corrected chi connectivity index (χ0v) is 23.2. The van der Waals surface area contributed by atoms with Gasteiger partial charge in [0.2, 0.25) is 5.91 Å². The summed E-state index contributed by atoms with van der Waals surface area (Å²) in [6.07, 6.45) is 12.2. The molecule has 1 aromatic carbocycles. The zero-order valence-electron chi connectivity index (χ0n) is 23.2. The number of ketones is 1. The molecule has 1 atom stereocenters. The minimum absolute atomic E-state index is 0.155. The van der Waals surface area contributed by atoms with Gasteiger partial charge < -0.3 is 20.1 Å². The van der Waals surface area contributed by atoms with Crippen LogP contribution in [0.4, 0.5) is 11.5 Å². The van der Waals surface area contributed by atoms with E-state index in [4.69, 9.17) is 0 Å². The number of hydrogen-bond donors (Lipinski definition) is 2. The summed E-state index contributed by atoms with van der Waals surface area (Å²) >= 11 is 0. The highest BCUT2D eigenvalue weighted by Gasteiger charge is 2.22. The molecular weight excluding hydrogens is 506 g/mol. The summed E-state index contributed by atoms with van der Waals surface area (Å²) in [6.45, 7) is 4.94. The number of amides is 2. The largest absolute Gasteiger partial charge is 0.357 e. The Labute approximate surface area is 234 Å². The van der Waals surface area contributed by atoms with Gasteiger partial charge in [0.05, 0.1) is 16.6 Å². The average molecular weight is 544 g/mol. The number of hydrogen-bond acceptors (Lipinski definition) is 6. The smallest absolute Gasteiger partial charge is 0.253 e. The Morgan fingerprint density at radius 2 is 1.70 bits per heavy atom. The van der Waals surface area contributed by atoms with Gasteiger partial charge in [-0.25, -0.2) is 4.98 Å². The van der Waals surface area contributed by atoms with Crippen LogP contribution >= 0.6 is 0 Å². The molecule has 1 saturated heterocycles. The fourth-order valence-electron chi connectivity index (χ4n) is 5.77. The Hall–Kier alpha value is -4.01. The highest BCUT2D eigenvalue weighted by Crippen LogP contribution is 2.31. The van der Waals surface area contributed by atoms with Crippen LogP contribution in [-0.2, 0) is 4.79 Å². The van der Waals surface area contributed by atoms with Gasteiger partial charge in [0.1, 0.15) is 11.9 Å². The predicted molar refractivity (Wildman–Crippen MR) is 156 cm³/mol. The Bertz CT molecular complexity index is 1470. The molecule has 0 unspecified atom stereocenters. The second kappa shape index (κ2) is 12.0. The molecule has 2 aliphatic rings. The lowest BCUT2D eigenvalue weighted by Crippen LogP contribution is -2.41. The van der Waals surface area contributed by atoms with Gasteiger partial charge in [0.25, 0.3) is 5.91 Å². The minimum Gasteiger partial charge on any atom is -0.357 e. The van der Waals surface area contributed by atoms with Crippen LogP contribution in [0.15, 0.2) is 47.5 Å². The third kappa shape index (κ3) is 5.93. The molecule has 1 saturated carbocycles. The van der Waals surface area contributed by atoms with Crippen LogP contribution in [0.1, 0.15) is 92.0 Å². The number of carbonyl (C=O) groups is 3. The number of nitrogens with zero attached hydrogens (tertiary/aromatic N) is 3. The molecule has 3 heterocycles. The van der Waals surface area contributed by atoms with Crippen molar-refractivity contribution in [3.8, 4) is 0 Å². The average Bonchev–Trinajstić information content (AvgIpc) is 2.98. The number of fused-ring (bicyclic) bond motifs is 1. The highest BCUT2D eigenvalue weighted by molar-refractivity contribution is 6.02. The molecule has 0 radical (unpaired) electrons. The monoisotopic (exact) mass is 543 g/mol. The molecule has 2 N–H and O–H groups in total. The van der Waals surface area contributed by atoms with Gasteiger partial charge in [-0.2, -0.15) is 0 Å². The Morgan fingerprint density at radius 3 is 2.38 bits per heavy atom. The second-order valence-electron chi connectivity index (χ2n) is 11.0. The second-order valence-corrected chi connectivity index (χ2v) is 11.0. The van der Waals surface area contributed by atoms with Crippen LogP contribution in [0.2, 0.25) is 0 Å². The number of aromatic nitrogens is 2. The van der Waals surface area contributed by atoms with E-state index in [1.165, 1.54) is 26.0 Å². The van der Waals surface area contributed by atoms with Gasteiger partial charge in [0.15, 0.2) is 11.2 Å². The van der Waals surface area contributed by atoms with E-state index in [1.54, 1.807) is 31.3 Å². The first-order chi connectivity index (χ1) is 19.3. The fourth-order valence-corrected chi connectivity index (χ4v) is 5.77. The highest BCUT2D eigenvalue weighted by atomic mass is 16.2. The van der Waals surface area contributed by atoms with Crippen LogP contribution < -0.4 is 21.0 Å². The lowest BCUT2D eigenvalue weighted by molar-refractivity contribution is -0.117. The Kier molecular flexibility index (Phi) is 8.28. The van der Waals surface area contributed by atoms with Crippen LogP contribution in [0.25, 0.3) is 10.9 Å². The molecule has 1 aliphatic carbocycles. The lowest BCUT2D eigenvalue weighted by atomic mass is 9.94. The summed E-state index contributed by atoms with van der Waals surface area (Å²) in [7, 11) is 0. The van der Waals surface area contributed by atoms with Gasteiger partial charge >= 0.3 is 0 Å². The summed E-state index contributed by atoms with van der Waals surface area (Å²) in [4.78, 5) is 57.9. The molecular formula is C31H37N5O4. The number of nitrogens with one attached hydrogen (secondary N) is 2. The first-order valence-electron chi connectivity index (χ1n) is 14.3. The quantitative estimate of drug-likeness (QED) is 0.412. The van der Waals surface area contributed by atoms with Gasteiger partial charge in [-0.1, -0.05) is 19.3 Å². The molecule has 2 amide bonds. The van der Waals surface area contributed by atoms with E-state index in [1.807, 2.05) is 12.1 Å². The molecule has 0 spiro atoms. The van der Waals surface area contributed by atoms with Crippen molar-refractivity contribution in [3.05, 3.63) is 64.1 Å². The van der Waals surface area contributed by atoms with Crippen LogP contribution in [0.5, 0.6) is 0 Å². The lowest BCUT2D eigenvalue weighted by Gasteiger charge is -2.27. The molecule has 5 rings (SSSR count). The maximum absolute atomic E-state index is 13.2. The van der Waals surface area contributed by atoms with Gasteiger partial charge in [-0.15, -0.1) is 0 Å². The SMILES string of the molecule is CC(=O)c1cn(C2CCCCC2)c2ccc(NC(=O)[C@H](C)NC(=O)c3ccc(N4CCCCC4)nc3)cc2c1=O. The maximum atomic E-state index is 13.2. The molecule has 9 heteroatoms. The van der Waals surface area contributed by atoms with Gasteiger partial charge in [0, 0.05) is 42.6 Å². The molecule has 3 aromatic rings. The van der Waals surface area contributed by atoms with E-state index >= 15 is 0 Å². The van der Waals surface area contributed by atoms with Crippen molar-refractivity contribution >= 4 is 40.0 Å². The summed E-state index contributed by atoms with van der Waals surface area (Å²) in [5, 5.41) is 5.93. The number of carbonyl (C=O) groups excluding carboxylic acids is 3. The Balaban J connectivity index is 1.30. The van der Waals surface area contributed by atoms with Crippen molar-refractivity contribution in [1.82, 2.24) is 14.9 Å². The van der Waals surface area contributed by atoms with Crippen molar-refractivity contribution in [1.29, 1.82) is 0 Å². The first kappa shape index (κ1) is 27.6. The molecule has 2 fully saturated rings. The zero-order chi connectivity index (χ0) is 28.2. The van der Waals surface area contributed by atoms with Crippen molar-refractivity contribution in [2.45, 2.75) is 77.3 Å². The summed E-state index contributed by atoms with van der Waals surface area (Å²) in [5.74, 6) is -0.226. The molecule has 40 heavy (non-hydrogen) atoms. The van der Waals surface area contributed by atoms with Crippen LogP contribution in [0.3, 0.4) is 0 Å². The number of rotatable bonds is 7. The normalized spacial score (nSPS) is 16.9. The van der Waals surface area contributed by atoms with Crippen LogP contribution in [0, 0.1) is 0 Å². The topological polar surface area (TPSA) is 113 Å². The number of Topliss-reactive ketones (excluding diaryl/α,β-unsaturated/α-hetero) is 1. The molecule has 2 aromatic heterocycles. The number of pyridine rings is 2. The Morgan fingerprint density at radius 1 is 0.975 bits per heavy atom. The summed E-state index contributed by atoms with van der Waals surface area (Å²) < 4.78 is 2.06. The van der Waals surface area contributed by atoms with Gasteiger partial charge in [-0.05, 0) is 76.3 Å². The molecule has 9 nitrogen and oxygen atoms in total.